The molecule has 0 saturated heterocycles. The number of ether oxygens (including phenoxy) is 2. The minimum absolute atomic E-state index is 0.105. The van der Waals surface area contributed by atoms with Gasteiger partial charge in [-0.1, -0.05) is 42.0 Å². The van der Waals surface area contributed by atoms with Gasteiger partial charge in [-0.05, 0) is 39.0 Å². The molecule has 0 aliphatic rings. The highest BCUT2D eigenvalue weighted by atomic mass is 16.5. The van der Waals surface area contributed by atoms with Gasteiger partial charge in [0.1, 0.15) is 23.0 Å². The quantitative estimate of drug-likeness (QED) is 0.429. The molecular weight excluding hydrogens is 364 g/mol. The topological polar surface area (TPSA) is 58.9 Å². The highest BCUT2D eigenvalue weighted by molar-refractivity contribution is 6.04. The first kappa shape index (κ1) is 18.9. The fraction of sp³-hybridized carbons (Fsp3) is 0.200. The summed E-state index contributed by atoms with van der Waals surface area (Å²) >= 11 is 0. The van der Waals surface area contributed by atoms with E-state index in [0.717, 1.165) is 16.3 Å². The summed E-state index contributed by atoms with van der Waals surface area (Å²) in [5.41, 5.74) is 2.05. The molecule has 4 heteroatoms. The molecule has 0 atom stereocenters. The van der Waals surface area contributed by atoms with Crippen molar-refractivity contribution in [2.24, 2.45) is 0 Å². The lowest BCUT2D eigenvalue weighted by Crippen LogP contribution is -1.96. The summed E-state index contributed by atoms with van der Waals surface area (Å²) in [6.07, 6.45) is 0. The van der Waals surface area contributed by atoms with Crippen LogP contribution in [0.15, 0.2) is 54.6 Å². The zero-order valence-corrected chi connectivity index (χ0v) is 16.8. The summed E-state index contributed by atoms with van der Waals surface area (Å²) in [4.78, 5) is 0. The van der Waals surface area contributed by atoms with Crippen molar-refractivity contribution in [1.82, 2.24) is 0 Å². The van der Waals surface area contributed by atoms with Gasteiger partial charge in [0.25, 0.3) is 0 Å². The lowest BCUT2D eigenvalue weighted by molar-refractivity contribution is 0.343. The first-order valence-corrected chi connectivity index (χ1v) is 9.82. The molecule has 4 nitrogen and oxygen atoms in total. The molecule has 29 heavy (non-hydrogen) atoms. The van der Waals surface area contributed by atoms with Gasteiger partial charge in [-0.25, -0.2) is 0 Å². The third kappa shape index (κ3) is 3.21. The van der Waals surface area contributed by atoms with Crippen molar-refractivity contribution < 1.29 is 19.7 Å². The second-order valence-corrected chi connectivity index (χ2v) is 7.00. The standard InChI is InChI=1S/C25H24O4/c1-4-28-22-13-20(24(26)18-9-7-6-8-16(18)22)21-14-23(29-5-2)17-11-10-15(3)12-19(17)25(21)27/h6-14,26-27H,4-5H2,1-3H3. The molecule has 0 amide bonds. The van der Waals surface area contributed by atoms with Gasteiger partial charge in [0.15, 0.2) is 0 Å². The minimum Gasteiger partial charge on any atom is -0.507 e. The molecule has 0 aromatic heterocycles. The van der Waals surface area contributed by atoms with Gasteiger partial charge in [0, 0.05) is 32.7 Å². The Kier molecular flexibility index (Phi) is 4.93. The van der Waals surface area contributed by atoms with Crippen molar-refractivity contribution in [2.45, 2.75) is 20.8 Å². The fourth-order valence-corrected chi connectivity index (χ4v) is 3.78. The summed E-state index contributed by atoms with van der Waals surface area (Å²) in [7, 11) is 0. The average molecular weight is 388 g/mol. The summed E-state index contributed by atoms with van der Waals surface area (Å²) in [6.45, 7) is 6.83. The monoisotopic (exact) mass is 388 g/mol. The van der Waals surface area contributed by atoms with Crippen LogP contribution >= 0.6 is 0 Å². The lowest BCUT2D eigenvalue weighted by Gasteiger charge is -2.17. The first-order chi connectivity index (χ1) is 14.0. The number of benzene rings is 4. The second-order valence-electron chi connectivity index (χ2n) is 7.00. The second kappa shape index (κ2) is 7.55. The molecule has 0 bridgehead atoms. The fourth-order valence-electron chi connectivity index (χ4n) is 3.78. The lowest BCUT2D eigenvalue weighted by atomic mass is 9.94. The Hall–Kier alpha value is -3.40. The molecule has 0 fully saturated rings. The average Bonchev–Trinajstić information content (AvgIpc) is 2.73. The Morgan fingerprint density at radius 3 is 1.76 bits per heavy atom. The van der Waals surface area contributed by atoms with Gasteiger partial charge < -0.3 is 19.7 Å². The van der Waals surface area contributed by atoms with Crippen LogP contribution in [-0.4, -0.2) is 23.4 Å². The predicted octanol–water partition coefficient (Wildman–Crippen LogP) is 6.18. The molecule has 0 aliphatic carbocycles. The number of rotatable bonds is 5. The number of phenols is 2. The summed E-state index contributed by atoms with van der Waals surface area (Å²) < 4.78 is 11.7. The summed E-state index contributed by atoms with van der Waals surface area (Å²) in [6, 6.07) is 17.0. The molecule has 4 rings (SSSR count). The third-order valence-electron chi connectivity index (χ3n) is 5.09. The van der Waals surface area contributed by atoms with Crippen molar-refractivity contribution in [3.63, 3.8) is 0 Å². The molecule has 4 aromatic carbocycles. The van der Waals surface area contributed by atoms with E-state index >= 15 is 0 Å². The van der Waals surface area contributed by atoms with Crippen LogP contribution in [0.1, 0.15) is 19.4 Å². The van der Waals surface area contributed by atoms with Crippen LogP contribution in [0.5, 0.6) is 23.0 Å². The zero-order valence-electron chi connectivity index (χ0n) is 16.8. The van der Waals surface area contributed by atoms with E-state index in [-0.39, 0.29) is 11.5 Å². The number of hydrogen-bond acceptors (Lipinski definition) is 4. The van der Waals surface area contributed by atoms with Gasteiger partial charge in [-0.15, -0.1) is 0 Å². The molecule has 0 aliphatic heterocycles. The minimum atomic E-state index is 0.105. The van der Waals surface area contributed by atoms with Gasteiger partial charge >= 0.3 is 0 Å². The number of hydrogen-bond donors (Lipinski definition) is 2. The van der Waals surface area contributed by atoms with E-state index in [2.05, 4.69) is 0 Å². The third-order valence-corrected chi connectivity index (χ3v) is 5.09. The first-order valence-electron chi connectivity index (χ1n) is 9.82. The van der Waals surface area contributed by atoms with Crippen molar-refractivity contribution in [2.75, 3.05) is 13.2 Å². The number of fused-ring (bicyclic) bond motifs is 2. The van der Waals surface area contributed by atoms with E-state index in [0.29, 0.717) is 46.6 Å². The SMILES string of the molecule is CCOc1cc(-c2cc(OCC)c3ccc(C)cc3c2O)c(O)c2ccccc12. The number of aryl methyl sites for hydroxylation is 1. The van der Waals surface area contributed by atoms with E-state index in [9.17, 15) is 10.2 Å². The summed E-state index contributed by atoms with van der Waals surface area (Å²) in [5.74, 6) is 1.55. The van der Waals surface area contributed by atoms with Gasteiger partial charge in [0.2, 0.25) is 0 Å². The van der Waals surface area contributed by atoms with E-state index in [1.54, 1.807) is 12.1 Å². The van der Waals surface area contributed by atoms with Crippen LogP contribution in [0, 0.1) is 6.92 Å². The molecule has 0 saturated carbocycles. The van der Waals surface area contributed by atoms with E-state index in [1.165, 1.54) is 0 Å². The smallest absolute Gasteiger partial charge is 0.131 e. The van der Waals surface area contributed by atoms with Crippen molar-refractivity contribution in [3.8, 4) is 34.1 Å². The van der Waals surface area contributed by atoms with E-state index in [1.807, 2.05) is 63.2 Å². The largest absolute Gasteiger partial charge is 0.507 e. The highest BCUT2D eigenvalue weighted by Gasteiger charge is 2.20. The maximum absolute atomic E-state index is 11.1. The normalized spacial score (nSPS) is 11.1. The number of phenolic OH excluding ortho intramolecular Hbond substituents is 2. The zero-order chi connectivity index (χ0) is 20.5. The van der Waals surface area contributed by atoms with E-state index < -0.39 is 0 Å². The molecule has 0 spiro atoms. The van der Waals surface area contributed by atoms with Crippen molar-refractivity contribution in [3.05, 3.63) is 60.2 Å². The Balaban J connectivity index is 2.07. The van der Waals surface area contributed by atoms with Gasteiger partial charge in [0.05, 0.1) is 13.2 Å². The maximum atomic E-state index is 11.1. The summed E-state index contributed by atoms with van der Waals surface area (Å²) in [5, 5.41) is 25.2. The maximum Gasteiger partial charge on any atom is 0.131 e. The van der Waals surface area contributed by atoms with Crippen molar-refractivity contribution in [1.29, 1.82) is 0 Å². The Bertz CT molecular complexity index is 1210. The predicted molar refractivity (Wildman–Crippen MR) is 117 cm³/mol. The Morgan fingerprint density at radius 2 is 1.17 bits per heavy atom. The number of aromatic hydroxyl groups is 2. The van der Waals surface area contributed by atoms with Gasteiger partial charge in [-0.3, -0.25) is 0 Å². The van der Waals surface area contributed by atoms with Crippen LogP contribution in [0.2, 0.25) is 0 Å². The van der Waals surface area contributed by atoms with Crippen molar-refractivity contribution >= 4 is 21.5 Å². The van der Waals surface area contributed by atoms with Crippen LogP contribution < -0.4 is 9.47 Å². The Labute approximate surface area is 169 Å². The molecular formula is C25H24O4. The van der Waals surface area contributed by atoms with E-state index in [4.69, 9.17) is 9.47 Å². The van der Waals surface area contributed by atoms with Crippen LogP contribution in [0.4, 0.5) is 0 Å². The molecule has 148 valence electrons. The molecule has 0 heterocycles. The van der Waals surface area contributed by atoms with Crippen LogP contribution in [0.3, 0.4) is 0 Å². The van der Waals surface area contributed by atoms with Crippen LogP contribution in [0.25, 0.3) is 32.7 Å². The Morgan fingerprint density at radius 1 is 0.655 bits per heavy atom. The molecule has 2 N–H and O–H groups in total. The molecule has 0 radical (unpaired) electrons. The van der Waals surface area contributed by atoms with Gasteiger partial charge in [-0.2, -0.15) is 0 Å². The molecule has 0 unspecified atom stereocenters. The highest BCUT2D eigenvalue weighted by Crippen LogP contribution is 2.48. The van der Waals surface area contributed by atoms with Crippen LogP contribution in [-0.2, 0) is 0 Å². The molecule has 4 aromatic rings.